The molecule has 6 nitrogen and oxygen atoms in total. The Hall–Kier alpha value is -1.92. The molecule has 0 fully saturated rings. The first-order valence-corrected chi connectivity index (χ1v) is 7.00. The maximum atomic E-state index is 11.7. The number of nitrogens with one attached hydrogen (secondary N) is 2. The van der Waals surface area contributed by atoms with Gasteiger partial charge in [-0.15, -0.1) is 0 Å². The Kier molecular flexibility index (Phi) is 7.42. The summed E-state index contributed by atoms with van der Waals surface area (Å²) >= 11 is 0. The summed E-state index contributed by atoms with van der Waals surface area (Å²) in [6, 6.07) is 8.84. The minimum atomic E-state index is -1.14. The van der Waals surface area contributed by atoms with Crippen LogP contribution in [-0.2, 0) is 16.0 Å². The standard InChI is InChI=1S/C15H22N2O4/c1-11(18)14(15(20)17-21)16-13(19)10-6-5-9-12-7-3-2-4-8-12/h2-4,7-8,11,14,18,21H,5-6,9-10H2,1H3,(H,16,19)(H,17,20)/t11-,14+/m1/s1. The molecule has 116 valence electrons. The third-order valence-electron chi connectivity index (χ3n) is 3.15. The van der Waals surface area contributed by atoms with E-state index in [-0.39, 0.29) is 12.3 Å². The van der Waals surface area contributed by atoms with Crippen molar-refractivity contribution < 1.29 is 19.9 Å². The van der Waals surface area contributed by atoms with E-state index in [9.17, 15) is 14.7 Å². The Balaban J connectivity index is 2.28. The number of hydroxylamine groups is 1. The van der Waals surface area contributed by atoms with Crippen molar-refractivity contribution in [2.75, 3.05) is 0 Å². The fourth-order valence-electron chi connectivity index (χ4n) is 1.98. The van der Waals surface area contributed by atoms with Gasteiger partial charge >= 0.3 is 0 Å². The number of hydrogen-bond acceptors (Lipinski definition) is 4. The molecule has 1 aromatic rings. The van der Waals surface area contributed by atoms with Crippen molar-refractivity contribution in [1.82, 2.24) is 10.8 Å². The first kappa shape index (κ1) is 17.1. The molecule has 0 spiro atoms. The fourth-order valence-corrected chi connectivity index (χ4v) is 1.98. The highest BCUT2D eigenvalue weighted by atomic mass is 16.5. The van der Waals surface area contributed by atoms with E-state index in [4.69, 9.17) is 5.21 Å². The number of carbonyl (C=O) groups is 2. The van der Waals surface area contributed by atoms with Gasteiger partial charge < -0.3 is 10.4 Å². The number of aliphatic hydroxyl groups is 1. The van der Waals surface area contributed by atoms with E-state index in [0.717, 1.165) is 12.8 Å². The van der Waals surface area contributed by atoms with Gasteiger partial charge in [-0.05, 0) is 31.7 Å². The highest BCUT2D eigenvalue weighted by molar-refractivity contribution is 5.87. The van der Waals surface area contributed by atoms with Crippen LogP contribution in [0.25, 0.3) is 0 Å². The first-order chi connectivity index (χ1) is 10.0. The predicted molar refractivity (Wildman–Crippen MR) is 77.5 cm³/mol. The first-order valence-electron chi connectivity index (χ1n) is 7.00. The lowest BCUT2D eigenvalue weighted by molar-refractivity contribution is -0.137. The SMILES string of the molecule is C[C@@H](O)[C@H](NC(=O)CCCCc1ccccc1)C(=O)NO. The quantitative estimate of drug-likeness (QED) is 0.323. The number of amides is 2. The van der Waals surface area contributed by atoms with Crippen LogP contribution >= 0.6 is 0 Å². The molecule has 0 saturated carbocycles. The lowest BCUT2D eigenvalue weighted by Gasteiger charge is -2.19. The van der Waals surface area contributed by atoms with Gasteiger partial charge in [0.25, 0.3) is 5.91 Å². The number of aryl methyl sites for hydroxylation is 1. The largest absolute Gasteiger partial charge is 0.391 e. The zero-order valence-electron chi connectivity index (χ0n) is 12.1. The molecule has 21 heavy (non-hydrogen) atoms. The summed E-state index contributed by atoms with van der Waals surface area (Å²) in [7, 11) is 0. The van der Waals surface area contributed by atoms with Gasteiger partial charge in [0.2, 0.25) is 5.91 Å². The van der Waals surface area contributed by atoms with E-state index in [1.807, 2.05) is 30.3 Å². The van der Waals surface area contributed by atoms with Gasteiger partial charge in [0.15, 0.2) is 0 Å². The van der Waals surface area contributed by atoms with Crippen molar-refractivity contribution in [1.29, 1.82) is 0 Å². The van der Waals surface area contributed by atoms with Crippen LogP contribution in [0, 0.1) is 0 Å². The zero-order valence-corrected chi connectivity index (χ0v) is 12.1. The van der Waals surface area contributed by atoms with E-state index < -0.39 is 18.1 Å². The van der Waals surface area contributed by atoms with Crippen molar-refractivity contribution in [3.63, 3.8) is 0 Å². The number of rotatable bonds is 8. The third-order valence-corrected chi connectivity index (χ3v) is 3.15. The molecule has 0 bridgehead atoms. The van der Waals surface area contributed by atoms with Gasteiger partial charge in [0.05, 0.1) is 6.10 Å². The topological polar surface area (TPSA) is 98.7 Å². The molecule has 0 aliphatic heterocycles. The minimum Gasteiger partial charge on any atom is -0.391 e. The van der Waals surface area contributed by atoms with Gasteiger partial charge in [-0.2, -0.15) is 0 Å². The molecule has 1 rings (SSSR count). The van der Waals surface area contributed by atoms with Crippen molar-refractivity contribution in [3.8, 4) is 0 Å². The van der Waals surface area contributed by atoms with Crippen LogP contribution in [0.4, 0.5) is 0 Å². The van der Waals surface area contributed by atoms with Gasteiger partial charge in [-0.1, -0.05) is 30.3 Å². The van der Waals surface area contributed by atoms with E-state index in [1.165, 1.54) is 18.0 Å². The van der Waals surface area contributed by atoms with Crippen LogP contribution in [0.15, 0.2) is 30.3 Å². The number of unbranched alkanes of at least 4 members (excludes halogenated alkanes) is 1. The zero-order chi connectivity index (χ0) is 15.7. The van der Waals surface area contributed by atoms with Crippen LogP contribution in [0.2, 0.25) is 0 Å². The van der Waals surface area contributed by atoms with Crippen molar-refractivity contribution in [2.45, 2.75) is 44.8 Å². The molecule has 4 N–H and O–H groups in total. The van der Waals surface area contributed by atoms with Crippen molar-refractivity contribution >= 4 is 11.8 Å². The van der Waals surface area contributed by atoms with Gasteiger partial charge in [0, 0.05) is 6.42 Å². The van der Waals surface area contributed by atoms with Crippen LogP contribution in [0.1, 0.15) is 31.7 Å². The second-order valence-corrected chi connectivity index (χ2v) is 4.95. The molecule has 0 saturated heterocycles. The lowest BCUT2D eigenvalue weighted by atomic mass is 10.1. The Morgan fingerprint density at radius 2 is 1.86 bits per heavy atom. The maximum Gasteiger partial charge on any atom is 0.268 e. The third kappa shape index (κ3) is 6.37. The Labute approximate surface area is 124 Å². The van der Waals surface area contributed by atoms with Crippen LogP contribution in [-0.4, -0.2) is 34.3 Å². The summed E-state index contributed by atoms with van der Waals surface area (Å²) in [4.78, 5) is 23.0. The Bertz CT molecular complexity index is 448. The number of aliphatic hydroxyl groups excluding tert-OH is 1. The highest BCUT2D eigenvalue weighted by Crippen LogP contribution is 2.06. The van der Waals surface area contributed by atoms with Crippen molar-refractivity contribution in [3.05, 3.63) is 35.9 Å². The van der Waals surface area contributed by atoms with Gasteiger partial charge in [0.1, 0.15) is 6.04 Å². The van der Waals surface area contributed by atoms with Gasteiger partial charge in [-0.3, -0.25) is 14.8 Å². The van der Waals surface area contributed by atoms with E-state index in [2.05, 4.69) is 5.32 Å². The molecule has 0 heterocycles. The number of hydrogen-bond donors (Lipinski definition) is 4. The molecule has 2 atom stereocenters. The van der Waals surface area contributed by atoms with E-state index >= 15 is 0 Å². The maximum absolute atomic E-state index is 11.7. The van der Waals surface area contributed by atoms with Crippen LogP contribution < -0.4 is 10.8 Å². The molecule has 0 radical (unpaired) electrons. The molecular formula is C15H22N2O4. The number of benzene rings is 1. The number of carbonyl (C=O) groups excluding carboxylic acids is 2. The van der Waals surface area contributed by atoms with E-state index in [1.54, 1.807) is 0 Å². The Morgan fingerprint density at radius 3 is 2.43 bits per heavy atom. The van der Waals surface area contributed by atoms with Crippen LogP contribution in [0.5, 0.6) is 0 Å². The summed E-state index contributed by atoms with van der Waals surface area (Å²) in [6.07, 6.45) is 1.64. The summed E-state index contributed by atoms with van der Waals surface area (Å²) in [5.74, 6) is -1.15. The smallest absolute Gasteiger partial charge is 0.268 e. The second kappa shape index (κ2) is 9.10. The minimum absolute atomic E-state index is 0.273. The Morgan fingerprint density at radius 1 is 1.19 bits per heavy atom. The normalized spacial score (nSPS) is 13.3. The molecule has 0 aromatic heterocycles. The average Bonchev–Trinajstić information content (AvgIpc) is 2.49. The van der Waals surface area contributed by atoms with E-state index in [0.29, 0.717) is 6.42 Å². The molecule has 0 aliphatic carbocycles. The fraction of sp³-hybridized carbons (Fsp3) is 0.467. The predicted octanol–water partition coefficient (Wildman–Crippen LogP) is 0.770. The monoisotopic (exact) mass is 294 g/mol. The van der Waals surface area contributed by atoms with Crippen LogP contribution in [0.3, 0.4) is 0 Å². The molecular weight excluding hydrogens is 272 g/mol. The summed E-state index contributed by atoms with van der Waals surface area (Å²) in [5, 5.41) is 20.3. The molecule has 6 heteroatoms. The summed E-state index contributed by atoms with van der Waals surface area (Å²) in [5.41, 5.74) is 2.65. The second-order valence-electron chi connectivity index (χ2n) is 4.95. The molecule has 0 unspecified atom stereocenters. The lowest BCUT2D eigenvalue weighted by Crippen LogP contribution is -2.51. The summed E-state index contributed by atoms with van der Waals surface area (Å²) in [6.45, 7) is 1.37. The molecule has 2 amide bonds. The van der Waals surface area contributed by atoms with Crippen molar-refractivity contribution in [2.24, 2.45) is 0 Å². The highest BCUT2D eigenvalue weighted by Gasteiger charge is 2.24. The molecule has 0 aliphatic rings. The molecule has 1 aromatic carbocycles. The average molecular weight is 294 g/mol. The summed E-state index contributed by atoms with van der Waals surface area (Å²) < 4.78 is 0. The van der Waals surface area contributed by atoms with Gasteiger partial charge in [-0.25, -0.2) is 5.48 Å².